The maximum Gasteiger partial charge on any atom is 0.106 e. The third-order valence-electron chi connectivity index (χ3n) is 2.35. The Balaban J connectivity index is 3.22. The van der Waals surface area contributed by atoms with E-state index in [9.17, 15) is 10.2 Å². The molecule has 2 atom stereocenters. The third-order valence-corrected chi connectivity index (χ3v) is 2.35. The van der Waals surface area contributed by atoms with Crippen LogP contribution in [-0.4, -0.2) is 22.7 Å². The molecule has 0 saturated heterocycles. The van der Waals surface area contributed by atoms with Crippen LogP contribution in [0.4, 0.5) is 0 Å². The van der Waals surface area contributed by atoms with Crippen LogP contribution in [0, 0.1) is 0 Å². The number of aliphatic hydroxyl groups is 2. The first-order valence-electron chi connectivity index (χ1n) is 5.82. The summed E-state index contributed by atoms with van der Waals surface area (Å²) in [6.45, 7) is 4.07. The van der Waals surface area contributed by atoms with Crippen molar-refractivity contribution < 1.29 is 10.2 Å². The molecule has 0 spiro atoms. The first kappa shape index (κ1) is 13.9. The summed E-state index contributed by atoms with van der Waals surface area (Å²) in [4.78, 5) is 0. The molecule has 0 saturated carbocycles. The van der Waals surface area contributed by atoms with Crippen LogP contribution in [0.25, 0.3) is 0 Å². The maximum absolute atomic E-state index is 9.44. The summed E-state index contributed by atoms with van der Waals surface area (Å²) in [5.74, 6) is 0. The minimum Gasteiger partial charge on any atom is -0.379 e. The van der Waals surface area contributed by atoms with Gasteiger partial charge in [0.15, 0.2) is 0 Å². The van der Waals surface area contributed by atoms with Crippen LogP contribution in [-0.2, 0) is 0 Å². The molecule has 0 bridgehead atoms. The average Bonchev–Trinajstić information content (AvgIpc) is 2.17. The number of unbranched alkanes of at least 4 members (excludes halogenated alkanes) is 4. The number of nitrogens with one attached hydrogen (secondary N) is 1. The number of aliphatic hydroxyl groups excluding tert-OH is 2. The van der Waals surface area contributed by atoms with E-state index < -0.39 is 12.5 Å². The predicted octanol–water partition coefficient (Wildman–Crippen LogP) is 1.98. The van der Waals surface area contributed by atoms with Gasteiger partial charge in [-0.1, -0.05) is 39.5 Å². The van der Waals surface area contributed by atoms with Crippen LogP contribution in [0.1, 0.15) is 58.8 Å². The molecule has 3 heteroatoms. The molecule has 86 valence electrons. The lowest BCUT2D eigenvalue weighted by Gasteiger charge is -2.16. The number of rotatable bonds is 9. The van der Waals surface area contributed by atoms with Crippen molar-refractivity contribution in [3.63, 3.8) is 0 Å². The Morgan fingerprint density at radius 2 is 1.57 bits per heavy atom. The smallest absolute Gasteiger partial charge is 0.106 e. The zero-order chi connectivity index (χ0) is 10.8. The van der Waals surface area contributed by atoms with E-state index >= 15 is 0 Å². The normalized spacial score (nSPS) is 15.4. The number of hydrogen-bond donors (Lipinski definition) is 3. The van der Waals surface area contributed by atoms with Crippen LogP contribution in [0.2, 0.25) is 0 Å². The Morgan fingerprint density at radius 1 is 0.929 bits per heavy atom. The van der Waals surface area contributed by atoms with E-state index in [1.165, 1.54) is 25.7 Å². The van der Waals surface area contributed by atoms with Crippen molar-refractivity contribution in [2.24, 2.45) is 0 Å². The zero-order valence-electron chi connectivity index (χ0n) is 9.50. The highest BCUT2D eigenvalue weighted by atomic mass is 16.3. The van der Waals surface area contributed by atoms with Gasteiger partial charge < -0.3 is 10.2 Å². The van der Waals surface area contributed by atoms with Crippen molar-refractivity contribution in [1.29, 1.82) is 0 Å². The van der Waals surface area contributed by atoms with Crippen molar-refractivity contribution >= 4 is 0 Å². The van der Waals surface area contributed by atoms with Gasteiger partial charge in [0.05, 0.1) is 0 Å². The molecule has 0 heterocycles. The van der Waals surface area contributed by atoms with Crippen LogP contribution in [0.15, 0.2) is 0 Å². The fourth-order valence-electron chi connectivity index (χ4n) is 1.36. The van der Waals surface area contributed by atoms with Crippen LogP contribution in [0.5, 0.6) is 0 Å². The monoisotopic (exact) mass is 203 g/mol. The Hall–Kier alpha value is -0.120. The van der Waals surface area contributed by atoms with E-state index in [1.54, 1.807) is 0 Å². The molecule has 3 N–H and O–H groups in total. The molecule has 0 fully saturated rings. The van der Waals surface area contributed by atoms with E-state index in [2.05, 4.69) is 12.2 Å². The van der Waals surface area contributed by atoms with Crippen molar-refractivity contribution in [3.05, 3.63) is 0 Å². The van der Waals surface area contributed by atoms with E-state index in [0.29, 0.717) is 6.42 Å². The Morgan fingerprint density at radius 3 is 2.14 bits per heavy atom. The Labute approximate surface area is 87.5 Å². The Kier molecular flexibility index (Phi) is 9.35. The van der Waals surface area contributed by atoms with Crippen molar-refractivity contribution in [2.45, 2.75) is 71.2 Å². The lowest BCUT2D eigenvalue weighted by molar-refractivity contribution is 0.0348. The molecule has 0 aliphatic rings. The van der Waals surface area contributed by atoms with Gasteiger partial charge >= 0.3 is 0 Å². The molecule has 14 heavy (non-hydrogen) atoms. The molecular formula is C11H25NO2. The topological polar surface area (TPSA) is 52.5 Å². The molecule has 0 amide bonds. The second-order valence-electron chi connectivity index (χ2n) is 3.81. The van der Waals surface area contributed by atoms with Crippen molar-refractivity contribution in [1.82, 2.24) is 5.32 Å². The quantitative estimate of drug-likeness (QED) is 0.397. The zero-order valence-corrected chi connectivity index (χ0v) is 9.50. The fourth-order valence-corrected chi connectivity index (χ4v) is 1.36. The molecule has 0 aliphatic heterocycles. The predicted molar refractivity (Wildman–Crippen MR) is 58.8 cm³/mol. The van der Waals surface area contributed by atoms with Crippen LogP contribution >= 0.6 is 0 Å². The van der Waals surface area contributed by atoms with E-state index in [4.69, 9.17) is 0 Å². The van der Waals surface area contributed by atoms with E-state index in [0.717, 1.165) is 12.8 Å². The molecule has 0 rings (SSSR count). The summed E-state index contributed by atoms with van der Waals surface area (Å²) >= 11 is 0. The van der Waals surface area contributed by atoms with E-state index in [1.807, 2.05) is 6.92 Å². The van der Waals surface area contributed by atoms with E-state index in [-0.39, 0.29) is 0 Å². The molecule has 0 aromatic rings. The minimum absolute atomic E-state index is 0.549. The summed E-state index contributed by atoms with van der Waals surface area (Å²) in [7, 11) is 0. The summed E-state index contributed by atoms with van der Waals surface area (Å²) < 4.78 is 0. The summed E-state index contributed by atoms with van der Waals surface area (Å²) in [5, 5.41) is 21.4. The second kappa shape index (κ2) is 9.44. The third kappa shape index (κ3) is 8.48. The Bertz CT molecular complexity index is 120. The molecule has 0 aliphatic carbocycles. The minimum atomic E-state index is -0.569. The number of hydrogen-bond acceptors (Lipinski definition) is 3. The highest BCUT2D eigenvalue weighted by molar-refractivity contribution is 4.56. The van der Waals surface area contributed by atoms with Crippen molar-refractivity contribution in [2.75, 3.05) is 0 Å². The summed E-state index contributed by atoms with van der Waals surface area (Å²) in [6, 6.07) is 0. The summed E-state index contributed by atoms with van der Waals surface area (Å²) in [5.41, 5.74) is 0. The highest BCUT2D eigenvalue weighted by Gasteiger charge is 2.07. The SMILES string of the molecule is CCCCCCCC(O)NC(O)CC. The van der Waals surface area contributed by atoms with Crippen LogP contribution < -0.4 is 5.32 Å². The largest absolute Gasteiger partial charge is 0.379 e. The molecule has 0 radical (unpaired) electrons. The first-order valence-corrected chi connectivity index (χ1v) is 5.82. The highest BCUT2D eigenvalue weighted by Crippen LogP contribution is 2.06. The molecule has 0 aromatic heterocycles. The fraction of sp³-hybridized carbons (Fsp3) is 1.00. The van der Waals surface area contributed by atoms with Gasteiger partial charge in [0.2, 0.25) is 0 Å². The maximum atomic E-state index is 9.44. The van der Waals surface area contributed by atoms with Gasteiger partial charge in [0, 0.05) is 0 Å². The average molecular weight is 203 g/mol. The summed E-state index contributed by atoms with van der Waals surface area (Å²) in [6.07, 6.45) is 6.23. The molecule has 0 aromatic carbocycles. The van der Waals surface area contributed by atoms with Gasteiger partial charge in [-0.15, -0.1) is 0 Å². The lowest BCUT2D eigenvalue weighted by atomic mass is 10.1. The second-order valence-corrected chi connectivity index (χ2v) is 3.81. The lowest BCUT2D eigenvalue weighted by Crippen LogP contribution is -2.37. The van der Waals surface area contributed by atoms with Gasteiger partial charge in [-0.05, 0) is 19.3 Å². The molecule has 2 unspecified atom stereocenters. The van der Waals surface area contributed by atoms with Gasteiger partial charge in [0.1, 0.15) is 12.5 Å². The van der Waals surface area contributed by atoms with Gasteiger partial charge in [0.25, 0.3) is 0 Å². The van der Waals surface area contributed by atoms with Crippen molar-refractivity contribution in [3.8, 4) is 0 Å². The first-order chi connectivity index (χ1) is 6.70. The standard InChI is InChI=1S/C11H25NO2/c1-3-5-6-7-8-9-11(14)12-10(13)4-2/h10-14H,3-9H2,1-2H3. The van der Waals surface area contributed by atoms with Gasteiger partial charge in [-0.3, -0.25) is 5.32 Å². The van der Waals surface area contributed by atoms with Gasteiger partial charge in [-0.2, -0.15) is 0 Å². The van der Waals surface area contributed by atoms with Gasteiger partial charge in [-0.25, -0.2) is 0 Å². The molecule has 3 nitrogen and oxygen atoms in total. The molecular weight excluding hydrogens is 178 g/mol. The van der Waals surface area contributed by atoms with Crippen LogP contribution in [0.3, 0.4) is 0 Å².